The molecule has 34 heavy (non-hydrogen) atoms. The van der Waals surface area contributed by atoms with Gasteiger partial charge in [0.1, 0.15) is 17.3 Å². The van der Waals surface area contributed by atoms with Crippen LogP contribution in [0.2, 0.25) is 5.02 Å². The third kappa shape index (κ3) is 5.54. The smallest absolute Gasteiger partial charge is 0.295 e. The van der Waals surface area contributed by atoms with Crippen LogP contribution in [0, 0.1) is 0 Å². The van der Waals surface area contributed by atoms with Crippen molar-refractivity contribution in [2.24, 2.45) is 0 Å². The summed E-state index contributed by atoms with van der Waals surface area (Å²) in [5.74, 6) is -0.624. The maximum absolute atomic E-state index is 13.1. The first-order valence-corrected chi connectivity index (χ1v) is 11.6. The number of Topliss-reactive ketones (excluding diaryl/α,β-unsaturated/α-hetero) is 1. The second kappa shape index (κ2) is 11.4. The van der Waals surface area contributed by atoms with E-state index < -0.39 is 17.7 Å². The molecule has 2 aromatic carbocycles. The topological polar surface area (TPSA) is 85.3 Å². The van der Waals surface area contributed by atoms with E-state index in [9.17, 15) is 14.7 Å². The molecule has 0 radical (unpaired) electrons. The predicted molar refractivity (Wildman–Crippen MR) is 130 cm³/mol. The van der Waals surface area contributed by atoms with Gasteiger partial charge in [-0.15, -0.1) is 0 Å². The summed E-state index contributed by atoms with van der Waals surface area (Å²) in [6, 6.07) is 11.2. The second-order valence-electron chi connectivity index (χ2n) is 8.15. The SMILES string of the molecule is CCOc1cc(/C(O)=C2/C(=O)C(=O)N(CCCOC)C2c2ccc(OC(C)C)cc2)ccc1Cl. The lowest BCUT2D eigenvalue weighted by molar-refractivity contribution is -0.140. The zero-order valence-electron chi connectivity index (χ0n) is 19.8. The minimum Gasteiger partial charge on any atom is -0.507 e. The molecule has 8 heteroatoms. The van der Waals surface area contributed by atoms with E-state index in [-0.39, 0.29) is 17.4 Å². The summed E-state index contributed by atoms with van der Waals surface area (Å²) in [5, 5.41) is 11.6. The van der Waals surface area contributed by atoms with Crippen LogP contribution in [0.5, 0.6) is 11.5 Å². The Morgan fingerprint density at radius 3 is 2.47 bits per heavy atom. The molecule has 1 atom stereocenters. The number of amides is 1. The fourth-order valence-corrected chi connectivity index (χ4v) is 4.08. The summed E-state index contributed by atoms with van der Waals surface area (Å²) in [7, 11) is 1.58. The number of nitrogens with zero attached hydrogens (tertiary/aromatic N) is 1. The van der Waals surface area contributed by atoms with E-state index in [1.165, 1.54) is 4.90 Å². The van der Waals surface area contributed by atoms with Crippen molar-refractivity contribution in [3.05, 3.63) is 64.2 Å². The van der Waals surface area contributed by atoms with E-state index in [1.807, 2.05) is 20.8 Å². The molecule has 0 aliphatic carbocycles. The van der Waals surface area contributed by atoms with Gasteiger partial charge >= 0.3 is 0 Å². The van der Waals surface area contributed by atoms with E-state index >= 15 is 0 Å². The Balaban J connectivity index is 2.09. The molecule has 1 heterocycles. The lowest BCUT2D eigenvalue weighted by atomic mass is 9.95. The number of rotatable bonds is 10. The molecule has 0 bridgehead atoms. The summed E-state index contributed by atoms with van der Waals surface area (Å²) in [4.78, 5) is 27.6. The quantitative estimate of drug-likeness (QED) is 0.220. The first-order valence-electron chi connectivity index (χ1n) is 11.2. The first kappa shape index (κ1) is 25.6. The summed E-state index contributed by atoms with van der Waals surface area (Å²) < 4.78 is 16.4. The van der Waals surface area contributed by atoms with Crippen LogP contribution in [0.3, 0.4) is 0 Å². The number of methoxy groups -OCH3 is 1. The fraction of sp³-hybridized carbons (Fsp3) is 0.385. The molecule has 0 aromatic heterocycles. The maximum Gasteiger partial charge on any atom is 0.295 e. The molecule has 182 valence electrons. The molecule has 3 rings (SSSR count). The minimum absolute atomic E-state index is 0.00923. The molecule has 2 aromatic rings. The first-order chi connectivity index (χ1) is 16.3. The summed E-state index contributed by atoms with van der Waals surface area (Å²) >= 11 is 6.18. The molecular formula is C26H30ClNO6. The molecule has 7 nitrogen and oxygen atoms in total. The van der Waals surface area contributed by atoms with Crippen LogP contribution < -0.4 is 9.47 Å². The number of likely N-dealkylation sites (tertiary alicyclic amines) is 1. The van der Waals surface area contributed by atoms with Gasteiger partial charge in [-0.1, -0.05) is 23.7 Å². The zero-order chi connectivity index (χ0) is 24.8. The molecule has 1 aliphatic rings. The molecule has 1 aliphatic heterocycles. The number of carbonyl (C=O) groups is 2. The van der Waals surface area contributed by atoms with Gasteiger partial charge in [0, 0.05) is 25.8 Å². The Hall–Kier alpha value is -3.03. The van der Waals surface area contributed by atoms with Gasteiger partial charge in [-0.05, 0) is 63.1 Å². The number of aliphatic hydroxyl groups is 1. The van der Waals surface area contributed by atoms with Crippen molar-refractivity contribution in [1.29, 1.82) is 0 Å². The lowest BCUT2D eigenvalue weighted by Crippen LogP contribution is -2.31. The van der Waals surface area contributed by atoms with E-state index in [2.05, 4.69) is 0 Å². The van der Waals surface area contributed by atoms with Gasteiger partial charge in [0.2, 0.25) is 0 Å². The largest absolute Gasteiger partial charge is 0.507 e. The van der Waals surface area contributed by atoms with Gasteiger partial charge in [-0.3, -0.25) is 9.59 Å². The van der Waals surface area contributed by atoms with Crippen molar-refractivity contribution in [2.45, 2.75) is 39.3 Å². The van der Waals surface area contributed by atoms with Gasteiger partial charge in [-0.25, -0.2) is 0 Å². The number of aliphatic hydroxyl groups excluding tert-OH is 1. The summed E-state index contributed by atoms with van der Waals surface area (Å²) in [6.45, 7) is 6.81. The average molecular weight is 488 g/mol. The van der Waals surface area contributed by atoms with Crippen molar-refractivity contribution < 1.29 is 28.9 Å². The second-order valence-corrected chi connectivity index (χ2v) is 8.56. The van der Waals surface area contributed by atoms with Crippen LogP contribution in [-0.2, 0) is 14.3 Å². The van der Waals surface area contributed by atoms with E-state index in [0.29, 0.717) is 53.8 Å². The van der Waals surface area contributed by atoms with Crippen LogP contribution in [0.4, 0.5) is 0 Å². The Morgan fingerprint density at radius 1 is 1.15 bits per heavy atom. The van der Waals surface area contributed by atoms with Crippen LogP contribution >= 0.6 is 11.6 Å². The number of halogens is 1. The van der Waals surface area contributed by atoms with E-state index in [0.717, 1.165) is 0 Å². The van der Waals surface area contributed by atoms with Gasteiger partial charge in [-0.2, -0.15) is 0 Å². The standard InChI is InChI=1S/C26H30ClNO6/c1-5-33-21-15-18(9-12-20(21)27)24(29)22-23(17-7-10-19(11-8-17)34-16(2)3)28(13-6-14-32-4)26(31)25(22)30/h7-12,15-16,23,29H,5-6,13-14H2,1-4H3/b24-22-. The van der Waals surface area contributed by atoms with Crippen molar-refractivity contribution in [3.63, 3.8) is 0 Å². The highest BCUT2D eigenvalue weighted by atomic mass is 35.5. The highest BCUT2D eigenvalue weighted by Gasteiger charge is 2.45. The highest BCUT2D eigenvalue weighted by molar-refractivity contribution is 6.46. The van der Waals surface area contributed by atoms with Crippen molar-refractivity contribution in [3.8, 4) is 11.5 Å². The Bertz CT molecular complexity index is 1060. The molecule has 1 fully saturated rings. The minimum atomic E-state index is -0.754. The Labute approximate surface area is 204 Å². The van der Waals surface area contributed by atoms with Crippen LogP contribution in [0.1, 0.15) is 44.4 Å². The maximum atomic E-state index is 13.1. The van der Waals surface area contributed by atoms with Crippen molar-refractivity contribution >= 4 is 29.1 Å². The zero-order valence-corrected chi connectivity index (χ0v) is 20.6. The van der Waals surface area contributed by atoms with Gasteiger partial charge in [0.05, 0.1) is 29.3 Å². The number of ketones is 1. The van der Waals surface area contributed by atoms with Crippen LogP contribution in [-0.4, -0.2) is 54.7 Å². The molecule has 1 amide bonds. The lowest BCUT2D eigenvalue weighted by Gasteiger charge is -2.25. The third-order valence-electron chi connectivity index (χ3n) is 5.36. The molecular weight excluding hydrogens is 458 g/mol. The molecule has 0 spiro atoms. The number of benzene rings is 2. The predicted octanol–water partition coefficient (Wildman–Crippen LogP) is 4.98. The molecule has 1 N–H and O–H groups in total. The number of hydrogen-bond acceptors (Lipinski definition) is 6. The monoisotopic (exact) mass is 487 g/mol. The summed E-state index contributed by atoms with van der Waals surface area (Å²) in [6.07, 6.45) is 0.555. The third-order valence-corrected chi connectivity index (χ3v) is 5.67. The molecule has 1 unspecified atom stereocenters. The number of ether oxygens (including phenoxy) is 3. The normalized spacial score (nSPS) is 17.5. The van der Waals surface area contributed by atoms with Gasteiger partial charge in [0.15, 0.2) is 0 Å². The molecule has 0 saturated carbocycles. The number of carbonyl (C=O) groups excluding carboxylic acids is 2. The van der Waals surface area contributed by atoms with Gasteiger partial charge in [0.25, 0.3) is 11.7 Å². The van der Waals surface area contributed by atoms with Crippen LogP contribution in [0.25, 0.3) is 5.76 Å². The number of hydrogen-bond donors (Lipinski definition) is 1. The van der Waals surface area contributed by atoms with Crippen LogP contribution in [0.15, 0.2) is 48.0 Å². The molecule has 1 saturated heterocycles. The highest BCUT2D eigenvalue weighted by Crippen LogP contribution is 2.40. The van der Waals surface area contributed by atoms with E-state index in [4.69, 9.17) is 25.8 Å². The Morgan fingerprint density at radius 2 is 1.85 bits per heavy atom. The Kier molecular flexibility index (Phi) is 8.58. The fourth-order valence-electron chi connectivity index (χ4n) is 3.91. The summed E-state index contributed by atoms with van der Waals surface area (Å²) in [5.41, 5.74) is 1.05. The van der Waals surface area contributed by atoms with Gasteiger partial charge < -0.3 is 24.2 Å². The average Bonchev–Trinajstić information content (AvgIpc) is 3.05. The van der Waals surface area contributed by atoms with E-state index in [1.54, 1.807) is 49.6 Å². The van der Waals surface area contributed by atoms with Crippen molar-refractivity contribution in [1.82, 2.24) is 4.90 Å². The van der Waals surface area contributed by atoms with Crippen molar-refractivity contribution in [2.75, 3.05) is 26.9 Å².